The summed E-state index contributed by atoms with van der Waals surface area (Å²) in [5.41, 5.74) is 3.58. The predicted molar refractivity (Wildman–Crippen MR) is 143 cm³/mol. The molecule has 5 nitrogen and oxygen atoms in total. The summed E-state index contributed by atoms with van der Waals surface area (Å²) in [6, 6.07) is 12.7. The Kier molecular flexibility index (Phi) is 6.15. The highest BCUT2D eigenvalue weighted by molar-refractivity contribution is 9.10. The third-order valence-electron chi connectivity index (χ3n) is 7.33. The standard InChI is InChI=1S/C28H23BrClNO4S/c1-3-20-24(31-27(36-20)17-9-6-15(29)12-13(17)2)23-25(32)21-18-10-11-19(34-18)22(21)26(23)35-28(33)14-4-7-16(30)8-5-14/h4-9,12,18-19,21-22H,3,10-11H2,1-2H3/t18?,19?,21-,22+/m1/s1. The van der Waals surface area contributed by atoms with Crippen LogP contribution in [0.5, 0.6) is 0 Å². The molecule has 2 unspecified atom stereocenters. The molecule has 2 saturated heterocycles. The van der Waals surface area contributed by atoms with E-state index < -0.39 is 5.97 Å². The molecule has 2 fully saturated rings. The molecular weight excluding hydrogens is 562 g/mol. The summed E-state index contributed by atoms with van der Waals surface area (Å²) in [5, 5.41) is 1.39. The Bertz CT molecular complexity index is 1430. The second-order valence-electron chi connectivity index (χ2n) is 9.45. The maximum Gasteiger partial charge on any atom is 0.343 e. The Balaban J connectivity index is 1.47. The molecule has 1 aromatic heterocycles. The molecule has 3 aromatic rings. The van der Waals surface area contributed by atoms with Crippen LogP contribution >= 0.6 is 38.9 Å². The van der Waals surface area contributed by atoms with Gasteiger partial charge < -0.3 is 9.47 Å². The van der Waals surface area contributed by atoms with Crippen molar-refractivity contribution in [3.05, 3.63) is 79.4 Å². The third-order valence-corrected chi connectivity index (χ3v) is 9.31. The van der Waals surface area contributed by atoms with Crippen LogP contribution < -0.4 is 0 Å². The van der Waals surface area contributed by atoms with E-state index in [9.17, 15) is 9.59 Å². The second-order valence-corrected chi connectivity index (χ2v) is 11.9. The Morgan fingerprint density at radius 1 is 1.17 bits per heavy atom. The molecule has 2 aliphatic heterocycles. The van der Waals surface area contributed by atoms with Crippen molar-refractivity contribution in [2.45, 2.75) is 45.3 Å². The molecule has 4 atom stereocenters. The number of aryl methyl sites for hydroxylation is 2. The second kappa shape index (κ2) is 9.21. The van der Waals surface area contributed by atoms with Crippen molar-refractivity contribution in [2.24, 2.45) is 11.8 Å². The van der Waals surface area contributed by atoms with Crippen LogP contribution in [-0.2, 0) is 20.7 Å². The maximum absolute atomic E-state index is 13.9. The average Bonchev–Trinajstić information content (AvgIpc) is 3.62. The maximum atomic E-state index is 13.9. The topological polar surface area (TPSA) is 65.5 Å². The summed E-state index contributed by atoms with van der Waals surface area (Å²) in [6.07, 6.45) is 2.17. The first kappa shape index (κ1) is 24.0. The predicted octanol–water partition coefficient (Wildman–Crippen LogP) is 7.04. The summed E-state index contributed by atoms with van der Waals surface area (Å²) in [5.74, 6) is -0.697. The molecule has 0 radical (unpaired) electrons. The minimum absolute atomic E-state index is 0.0230. The van der Waals surface area contributed by atoms with Gasteiger partial charge in [0.25, 0.3) is 0 Å². The number of allylic oxidation sites excluding steroid dienone is 1. The lowest BCUT2D eigenvalue weighted by molar-refractivity contribution is -0.118. The van der Waals surface area contributed by atoms with Crippen molar-refractivity contribution in [1.29, 1.82) is 0 Å². The number of hydrogen-bond donors (Lipinski definition) is 0. The van der Waals surface area contributed by atoms with E-state index in [2.05, 4.69) is 28.9 Å². The Morgan fingerprint density at radius 2 is 1.89 bits per heavy atom. The first-order valence-corrected chi connectivity index (χ1v) is 14.0. The van der Waals surface area contributed by atoms with Gasteiger partial charge in [-0.3, -0.25) is 4.79 Å². The van der Waals surface area contributed by atoms with Gasteiger partial charge in [-0.1, -0.05) is 40.5 Å². The van der Waals surface area contributed by atoms with Crippen LogP contribution in [0.15, 0.2) is 52.7 Å². The summed E-state index contributed by atoms with van der Waals surface area (Å²) in [7, 11) is 0. The highest BCUT2D eigenvalue weighted by atomic mass is 79.9. The number of thiazole rings is 1. The van der Waals surface area contributed by atoms with Gasteiger partial charge in [0.2, 0.25) is 0 Å². The Morgan fingerprint density at radius 3 is 2.58 bits per heavy atom. The van der Waals surface area contributed by atoms with E-state index in [0.29, 0.717) is 27.6 Å². The van der Waals surface area contributed by atoms with Gasteiger partial charge in [0.15, 0.2) is 5.78 Å². The van der Waals surface area contributed by atoms with Gasteiger partial charge in [0.05, 0.1) is 40.9 Å². The van der Waals surface area contributed by atoms with Crippen molar-refractivity contribution in [3.8, 4) is 10.6 Å². The molecule has 0 amide bonds. The number of carbonyl (C=O) groups is 2. The van der Waals surface area contributed by atoms with Crippen LogP contribution in [0, 0.1) is 18.8 Å². The van der Waals surface area contributed by atoms with Crippen molar-refractivity contribution < 1.29 is 19.1 Å². The van der Waals surface area contributed by atoms with Crippen LogP contribution in [-0.4, -0.2) is 28.9 Å². The largest absolute Gasteiger partial charge is 0.426 e. The van der Waals surface area contributed by atoms with E-state index in [4.69, 9.17) is 26.1 Å². The fourth-order valence-corrected chi connectivity index (χ4v) is 7.36. The van der Waals surface area contributed by atoms with Gasteiger partial charge in [-0.25, -0.2) is 9.78 Å². The van der Waals surface area contributed by atoms with Crippen LogP contribution in [0.4, 0.5) is 0 Å². The van der Waals surface area contributed by atoms with E-state index in [-0.39, 0.29) is 29.8 Å². The van der Waals surface area contributed by atoms with E-state index >= 15 is 0 Å². The van der Waals surface area contributed by atoms with Gasteiger partial charge in [-0.05, 0) is 68.1 Å². The van der Waals surface area contributed by atoms with Gasteiger partial charge in [-0.2, -0.15) is 0 Å². The lowest BCUT2D eigenvalue weighted by Gasteiger charge is -2.21. The normalized spacial score (nSPS) is 24.5. The fourth-order valence-electron chi connectivity index (χ4n) is 5.66. The molecule has 0 N–H and O–H groups in total. The lowest BCUT2D eigenvalue weighted by atomic mass is 9.80. The number of rotatable bonds is 5. The zero-order chi connectivity index (χ0) is 25.1. The Hall–Kier alpha value is -2.32. The smallest absolute Gasteiger partial charge is 0.343 e. The number of hydrogen-bond acceptors (Lipinski definition) is 6. The minimum atomic E-state index is -0.507. The summed E-state index contributed by atoms with van der Waals surface area (Å²) in [4.78, 5) is 33.1. The number of ketones is 1. The molecule has 3 aliphatic rings. The molecule has 0 spiro atoms. The van der Waals surface area contributed by atoms with Gasteiger partial charge >= 0.3 is 5.97 Å². The van der Waals surface area contributed by atoms with Gasteiger partial charge in [0.1, 0.15) is 10.8 Å². The van der Waals surface area contributed by atoms with Crippen molar-refractivity contribution in [2.75, 3.05) is 0 Å². The molecule has 184 valence electrons. The zero-order valence-corrected chi connectivity index (χ0v) is 22.9. The Labute approximate surface area is 226 Å². The van der Waals surface area contributed by atoms with E-state index in [1.807, 2.05) is 19.1 Å². The van der Waals surface area contributed by atoms with Gasteiger partial charge in [-0.15, -0.1) is 11.3 Å². The molecule has 1 aliphatic carbocycles. The van der Waals surface area contributed by atoms with Crippen LogP contribution in [0.2, 0.25) is 5.02 Å². The quantitative estimate of drug-likeness (QED) is 0.301. The molecular formula is C28H23BrClNO4S. The first-order chi connectivity index (χ1) is 17.4. The number of aromatic nitrogens is 1. The summed E-state index contributed by atoms with van der Waals surface area (Å²) < 4.78 is 13.2. The molecule has 0 saturated carbocycles. The number of benzene rings is 2. The number of esters is 1. The van der Waals surface area contributed by atoms with E-state index in [1.54, 1.807) is 35.6 Å². The molecule has 2 aromatic carbocycles. The van der Waals surface area contributed by atoms with Crippen LogP contribution in [0.3, 0.4) is 0 Å². The number of carbonyl (C=O) groups excluding carboxylic acids is 2. The minimum Gasteiger partial charge on any atom is -0.426 e. The molecule has 6 rings (SSSR count). The SMILES string of the molecule is CCc1sc(-c2ccc(Br)cc2C)nc1C1=C(OC(=O)c2ccc(Cl)cc2)[C@H]2C3CCC(O3)[C@H]2C1=O. The highest BCUT2D eigenvalue weighted by Gasteiger charge is 2.60. The number of ether oxygens (including phenoxy) is 2. The molecule has 3 heterocycles. The molecule has 8 heteroatoms. The van der Waals surface area contributed by atoms with E-state index in [1.165, 1.54) is 0 Å². The lowest BCUT2D eigenvalue weighted by Crippen LogP contribution is -2.29. The van der Waals surface area contributed by atoms with Crippen LogP contribution in [0.25, 0.3) is 16.1 Å². The highest BCUT2D eigenvalue weighted by Crippen LogP contribution is 2.55. The van der Waals surface area contributed by atoms with Crippen molar-refractivity contribution in [3.63, 3.8) is 0 Å². The number of Topliss-reactive ketones (excluding diaryl/α,β-unsaturated/α-hetero) is 1. The average molecular weight is 585 g/mol. The summed E-state index contributed by atoms with van der Waals surface area (Å²) >= 11 is 11.1. The number of halogens is 2. The van der Waals surface area contributed by atoms with Crippen LogP contribution in [0.1, 0.15) is 46.3 Å². The number of nitrogens with zero attached hydrogens (tertiary/aromatic N) is 1. The first-order valence-electron chi connectivity index (χ1n) is 12.0. The third kappa shape index (κ3) is 3.88. The van der Waals surface area contributed by atoms with Crippen molar-refractivity contribution in [1.82, 2.24) is 4.98 Å². The van der Waals surface area contributed by atoms with Crippen molar-refractivity contribution >= 4 is 56.2 Å². The summed E-state index contributed by atoms with van der Waals surface area (Å²) in [6.45, 7) is 4.10. The van der Waals surface area contributed by atoms with E-state index in [0.717, 1.165) is 44.7 Å². The molecule has 36 heavy (non-hydrogen) atoms. The monoisotopic (exact) mass is 583 g/mol. The molecule has 2 bridgehead atoms. The number of fused-ring (bicyclic) bond motifs is 5. The zero-order valence-electron chi connectivity index (χ0n) is 19.7. The fraction of sp³-hybridized carbons (Fsp3) is 0.321. The van der Waals surface area contributed by atoms with Gasteiger partial charge in [0, 0.05) is 19.9 Å².